The number of carbonyl (C=O) groups excluding carboxylic acids is 1. The fourth-order valence-corrected chi connectivity index (χ4v) is 2.09. The predicted molar refractivity (Wildman–Crippen MR) is 75.3 cm³/mol. The first-order chi connectivity index (χ1) is 9.99. The zero-order valence-electron chi connectivity index (χ0n) is 11.7. The van der Waals surface area contributed by atoms with Gasteiger partial charge in [0.2, 0.25) is 0 Å². The molecule has 1 unspecified atom stereocenters. The summed E-state index contributed by atoms with van der Waals surface area (Å²) in [5.41, 5.74) is 5.99. The summed E-state index contributed by atoms with van der Waals surface area (Å²) in [5, 5.41) is 9.12. The van der Waals surface area contributed by atoms with Gasteiger partial charge >= 0.3 is 5.97 Å². The number of hydrogen-bond acceptors (Lipinski definition) is 5. The molecule has 0 aromatic heterocycles. The van der Waals surface area contributed by atoms with Crippen molar-refractivity contribution in [1.82, 2.24) is 4.90 Å². The second-order valence-corrected chi connectivity index (χ2v) is 4.76. The maximum absolute atomic E-state index is 12.2. The molecule has 0 radical (unpaired) electrons. The van der Waals surface area contributed by atoms with Gasteiger partial charge in [0.15, 0.2) is 6.10 Å². The zero-order valence-corrected chi connectivity index (χ0v) is 11.7. The number of hydrogen-bond donors (Lipinski definition) is 2. The highest BCUT2D eigenvalue weighted by Crippen LogP contribution is 2.23. The van der Waals surface area contributed by atoms with Crippen molar-refractivity contribution in [3.8, 4) is 5.75 Å². The molecule has 7 heteroatoms. The van der Waals surface area contributed by atoms with Gasteiger partial charge in [-0.05, 0) is 19.1 Å². The molecule has 1 amide bonds. The lowest BCUT2D eigenvalue weighted by Crippen LogP contribution is -2.46. The number of aromatic carboxylic acids is 1. The number of rotatable bonds is 4. The molecule has 1 aliphatic heterocycles. The number of nitrogen functional groups attached to an aromatic ring is 1. The zero-order chi connectivity index (χ0) is 15.4. The maximum atomic E-state index is 12.2. The number of benzene rings is 1. The highest BCUT2D eigenvalue weighted by Gasteiger charge is 2.25. The minimum Gasteiger partial charge on any atom is -0.480 e. The minimum atomic E-state index is -1.13. The largest absolute Gasteiger partial charge is 0.480 e. The Bertz CT molecular complexity index is 540. The van der Waals surface area contributed by atoms with Crippen molar-refractivity contribution in [2.75, 3.05) is 32.0 Å². The summed E-state index contributed by atoms with van der Waals surface area (Å²) >= 11 is 0. The molecule has 7 nitrogen and oxygen atoms in total. The lowest BCUT2D eigenvalue weighted by molar-refractivity contribution is -0.142. The normalized spacial score (nSPS) is 16.3. The van der Waals surface area contributed by atoms with E-state index in [0.29, 0.717) is 32.0 Å². The van der Waals surface area contributed by atoms with Gasteiger partial charge < -0.3 is 25.2 Å². The summed E-state index contributed by atoms with van der Waals surface area (Å²) < 4.78 is 10.7. The lowest BCUT2D eigenvalue weighted by atomic mass is 10.2. The molecule has 114 valence electrons. The molecule has 1 atom stereocenters. The summed E-state index contributed by atoms with van der Waals surface area (Å²) in [6, 6.07) is 4.25. The van der Waals surface area contributed by atoms with E-state index in [2.05, 4.69) is 0 Å². The maximum Gasteiger partial charge on any atom is 0.339 e. The smallest absolute Gasteiger partial charge is 0.339 e. The second-order valence-electron chi connectivity index (χ2n) is 4.76. The van der Waals surface area contributed by atoms with Crippen molar-refractivity contribution in [2.45, 2.75) is 13.0 Å². The molecule has 1 heterocycles. The van der Waals surface area contributed by atoms with Gasteiger partial charge in [-0.1, -0.05) is 0 Å². The molecule has 21 heavy (non-hydrogen) atoms. The van der Waals surface area contributed by atoms with E-state index in [9.17, 15) is 9.59 Å². The summed E-state index contributed by atoms with van der Waals surface area (Å²) in [7, 11) is 0. The van der Waals surface area contributed by atoms with Crippen LogP contribution in [0.2, 0.25) is 0 Å². The summed E-state index contributed by atoms with van der Waals surface area (Å²) in [6.45, 7) is 3.60. The average Bonchev–Trinajstić information content (AvgIpc) is 2.47. The Hall–Kier alpha value is -2.28. The second kappa shape index (κ2) is 6.45. The first-order valence-electron chi connectivity index (χ1n) is 6.65. The van der Waals surface area contributed by atoms with Crippen LogP contribution in [0.5, 0.6) is 5.75 Å². The van der Waals surface area contributed by atoms with Crippen molar-refractivity contribution < 1.29 is 24.2 Å². The summed E-state index contributed by atoms with van der Waals surface area (Å²) in [4.78, 5) is 25.0. The molecule has 1 aliphatic rings. The summed E-state index contributed by atoms with van der Waals surface area (Å²) in [6.07, 6.45) is -0.789. The van der Waals surface area contributed by atoms with Crippen LogP contribution in [0.25, 0.3) is 0 Å². The van der Waals surface area contributed by atoms with Gasteiger partial charge in [0, 0.05) is 24.8 Å². The van der Waals surface area contributed by atoms with Crippen molar-refractivity contribution in [3.63, 3.8) is 0 Å². The summed E-state index contributed by atoms with van der Waals surface area (Å²) in [5.74, 6) is -1.23. The van der Waals surface area contributed by atoms with Gasteiger partial charge in [-0.25, -0.2) is 4.79 Å². The molecule has 0 bridgehead atoms. The van der Waals surface area contributed by atoms with E-state index in [1.807, 2.05) is 0 Å². The Kier molecular flexibility index (Phi) is 4.64. The van der Waals surface area contributed by atoms with E-state index in [1.165, 1.54) is 18.2 Å². The van der Waals surface area contributed by atoms with Crippen LogP contribution >= 0.6 is 0 Å². The third-order valence-corrected chi connectivity index (χ3v) is 3.21. The van der Waals surface area contributed by atoms with Gasteiger partial charge in [-0.3, -0.25) is 4.79 Å². The number of ether oxygens (including phenoxy) is 2. The Morgan fingerprint density at radius 2 is 2.05 bits per heavy atom. The minimum absolute atomic E-state index is 0.0224. The number of morpholine rings is 1. The van der Waals surface area contributed by atoms with Crippen LogP contribution in [0.3, 0.4) is 0 Å². The van der Waals surface area contributed by atoms with Crippen molar-refractivity contribution in [2.24, 2.45) is 0 Å². The molecule has 1 saturated heterocycles. The first kappa shape index (κ1) is 15.1. The SMILES string of the molecule is CC(Oc1cc(N)ccc1C(=O)O)C(=O)N1CCOCC1. The molecule has 2 rings (SSSR count). The van der Waals surface area contributed by atoms with Gasteiger partial charge in [0.05, 0.1) is 13.2 Å². The van der Waals surface area contributed by atoms with E-state index in [4.69, 9.17) is 20.3 Å². The lowest BCUT2D eigenvalue weighted by Gasteiger charge is -2.29. The third-order valence-electron chi connectivity index (χ3n) is 3.21. The van der Waals surface area contributed by atoms with E-state index < -0.39 is 12.1 Å². The number of carboxylic acids is 1. The van der Waals surface area contributed by atoms with Crippen LogP contribution in [0.15, 0.2) is 18.2 Å². The number of nitrogens with zero attached hydrogens (tertiary/aromatic N) is 1. The molecule has 3 N–H and O–H groups in total. The number of nitrogens with two attached hydrogens (primary N) is 1. The molecule has 0 saturated carbocycles. The highest BCUT2D eigenvalue weighted by molar-refractivity contribution is 5.92. The van der Waals surface area contributed by atoms with Crippen molar-refractivity contribution in [3.05, 3.63) is 23.8 Å². The van der Waals surface area contributed by atoms with E-state index in [1.54, 1.807) is 11.8 Å². The standard InChI is InChI=1S/C14H18N2O5/c1-9(13(17)16-4-6-20-7-5-16)21-12-8-10(15)2-3-11(12)14(18)19/h2-3,8-9H,4-7,15H2,1H3,(H,18,19). The topological polar surface area (TPSA) is 102 Å². The molecular weight excluding hydrogens is 276 g/mol. The van der Waals surface area contributed by atoms with Gasteiger partial charge in [-0.2, -0.15) is 0 Å². The number of amides is 1. The molecule has 1 aromatic carbocycles. The van der Waals surface area contributed by atoms with Crippen LogP contribution in [-0.2, 0) is 9.53 Å². The van der Waals surface area contributed by atoms with Gasteiger partial charge in [0.1, 0.15) is 11.3 Å². The van der Waals surface area contributed by atoms with Gasteiger partial charge in [0.25, 0.3) is 5.91 Å². The Morgan fingerprint density at radius 1 is 1.38 bits per heavy atom. The fraction of sp³-hybridized carbons (Fsp3) is 0.429. The fourth-order valence-electron chi connectivity index (χ4n) is 2.09. The van der Waals surface area contributed by atoms with Gasteiger partial charge in [-0.15, -0.1) is 0 Å². The van der Waals surface area contributed by atoms with Crippen LogP contribution < -0.4 is 10.5 Å². The predicted octanol–water partition coefficient (Wildman–Crippen LogP) is 0.593. The molecule has 0 spiro atoms. The first-order valence-corrected chi connectivity index (χ1v) is 6.65. The van der Waals surface area contributed by atoms with Crippen LogP contribution in [0, 0.1) is 0 Å². The molecular formula is C14H18N2O5. The molecule has 1 fully saturated rings. The number of carbonyl (C=O) groups is 2. The van der Waals surface area contributed by atoms with E-state index in [-0.39, 0.29) is 17.2 Å². The Morgan fingerprint density at radius 3 is 2.67 bits per heavy atom. The monoisotopic (exact) mass is 294 g/mol. The van der Waals surface area contributed by atoms with Crippen molar-refractivity contribution >= 4 is 17.6 Å². The van der Waals surface area contributed by atoms with Crippen molar-refractivity contribution in [1.29, 1.82) is 0 Å². The van der Waals surface area contributed by atoms with E-state index in [0.717, 1.165) is 0 Å². The van der Waals surface area contributed by atoms with Crippen LogP contribution in [0.4, 0.5) is 5.69 Å². The quantitative estimate of drug-likeness (QED) is 0.788. The number of anilines is 1. The van der Waals surface area contributed by atoms with Crippen LogP contribution in [0.1, 0.15) is 17.3 Å². The third kappa shape index (κ3) is 3.63. The molecule has 0 aliphatic carbocycles. The van der Waals surface area contributed by atoms with Crippen LogP contribution in [-0.4, -0.2) is 54.3 Å². The number of carboxylic acid groups (broad SMARTS) is 1. The average molecular weight is 294 g/mol. The van der Waals surface area contributed by atoms with E-state index >= 15 is 0 Å². The molecule has 1 aromatic rings. The Balaban J connectivity index is 2.11. The Labute approximate surface area is 122 Å². The highest BCUT2D eigenvalue weighted by atomic mass is 16.5.